The van der Waals surface area contributed by atoms with E-state index in [4.69, 9.17) is 0 Å². The van der Waals surface area contributed by atoms with Gasteiger partial charge in [-0.05, 0) is 50.4 Å². The summed E-state index contributed by atoms with van der Waals surface area (Å²) >= 11 is 0. The molecule has 1 saturated carbocycles. The van der Waals surface area contributed by atoms with Crippen molar-refractivity contribution in [3.05, 3.63) is 48.1 Å². The first-order chi connectivity index (χ1) is 12.5. The smallest absolute Gasteiger partial charge is 0.222 e. The van der Waals surface area contributed by atoms with Crippen LogP contribution in [0.5, 0.6) is 0 Å². The van der Waals surface area contributed by atoms with Crippen LogP contribution >= 0.6 is 0 Å². The predicted molar refractivity (Wildman–Crippen MR) is 109 cm³/mol. The fraction of sp³-hybridized carbons (Fsp3) is 0.609. The van der Waals surface area contributed by atoms with Gasteiger partial charge in [-0.1, -0.05) is 55.0 Å². The van der Waals surface area contributed by atoms with E-state index in [0.29, 0.717) is 18.3 Å². The van der Waals surface area contributed by atoms with Crippen molar-refractivity contribution in [3.8, 4) is 0 Å². The maximum Gasteiger partial charge on any atom is 0.222 e. The molecule has 3 nitrogen and oxygen atoms in total. The summed E-state index contributed by atoms with van der Waals surface area (Å²) < 4.78 is 0. The molecule has 0 aromatic carbocycles. The first kappa shape index (κ1) is 20.7. The highest BCUT2D eigenvalue weighted by atomic mass is 16.3. The fourth-order valence-corrected chi connectivity index (χ4v) is 4.18. The Labute approximate surface area is 159 Å². The lowest BCUT2D eigenvalue weighted by atomic mass is 9.89. The summed E-state index contributed by atoms with van der Waals surface area (Å²) in [5.74, 6) is 1.57. The normalized spacial score (nSPS) is 28.4. The van der Waals surface area contributed by atoms with E-state index in [1.165, 1.54) is 5.57 Å². The molecule has 1 N–H and O–H groups in total. The average Bonchev–Trinajstić information content (AvgIpc) is 3.11. The van der Waals surface area contributed by atoms with Gasteiger partial charge in [0.25, 0.3) is 0 Å². The molecule has 1 amide bonds. The number of hydrogen-bond donors (Lipinski definition) is 1. The van der Waals surface area contributed by atoms with E-state index in [9.17, 15) is 9.90 Å². The van der Waals surface area contributed by atoms with Gasteiger partial charge in [0.2, 0.25) is 5.91 Å². The molecule has 0 aromatic heterocycles. The topological polar surface area (TPSA) is 40.5 Å². The third-order valence-corrected chi connectivity index (χ3v) is 5.63. The number of unbranched alkanes of at least 4 members (excludes halogenated alkanes) is 1. The van der Waals surface area contributed by atoms with Crippen LogP contribution < -0.4 is 0 Å². The second-order valence-corrected chi connectivity index (χ2v) is 7.84. The van der Waals surface area contributed by atoms with Crippen molar-refractivity contribution < 1.29 is 9.90 Å². The third-order valence-electron chi connectivity index (χ3n) is 5.63. The zero-order valence-electron chi connectivity index (χ0n) is 16.6. The molecule has 1 fully saturated rings. The Kier molecular flexibility index (Phi) is 8.37. The molecule has 144 valence electrons. The summed E-state index contributed by atoms with van der Waals surface area (Å²) in [6.07, 6.45) is 21.6. The molecule has 0 aromatic rings. The number of aliphatic hydroxyl groups is 1. The van der Waals surface area contributed by atoms with Gasteiger partial charge in [-0.15, -0.1) is 0 Å². The highest BCUT2D eigenvalue weighted by Crippen LogP contribution is 2.48. The maximum atomic E-state index is 11.6. The van der Waals surface area contributed by atoms with Crippen LogP contribution in [0, 0.1) is 17.8 Å². The average molecular weight is 358 g/mol. The number of aliphatic hydroxyl groups excluding tert-OH is 1. The first-order valence-electron chi connectivity index (χ1n) is 10.1. The van der Waals surface area contributed by atoms with Gasteiger partial charge in [0.05, 0.1) is 6.10 Å². The van der Waals surface area contributed by atoms with Gasteiger partial charge in [-0.25, -0.2) is 0 Å². The lowest BCUT2D eigenvalue weighted by molar-refractivity contribution is -0.128. The van der Waals surface area contributed by atoms with Gasteiger partial charge >= 0.3 is 0 Å². The van der Waals surface area contributed by atoms with Crippen LogP contribution in [-0.2, 0) is 4.79 Å². The summed E-state index contributed by atoms with van der Waals surface area (Å²) in [5.41, 5.74) is 1.53. The van der Waals surface area contributed by atoms with Crippen molar-refractivity contribution in [2.24, 2.45) is 17.8 Å². The summed E-state index contributed by atoms with van der Waals surface area (Å²) in [5, 5.41) is 10.4. The molecule has 0 aliphatic heterocycles. The minimum atomic E-state index is -0.212. The zero-order valence-corrected chi connectivity index (χ0v) is 16.6. The molecule has 0 unspecified atom stereocenters. The van der Waals surface area contributed by atoms with Gasteiger partial charge in [-0.2, -0.15) is 0 Å². The number of nitrogens with zero attached hydrogens (tertiary/aromatic N) is 1. The van der Waals surface area contributed by atoms with E-state index in [0.717, 1.165) is 38.5 Å². The number of amides is 1. The van der Waals surface area contributed by atoms with Crippen molar-refractivity contribution in [2.75, 3.05) is 14.1 Å². The van der Waals surface area contributed by atoms with E-state index in [1.54, 1.807) is 4.90 Å². The number of hydrogen-bond acceptors (Lipinski definition) is 2. The minimum absolute atomic E-state index is 0.212. The number of allylic oxidation sites excluding steroid dienone is 7. The Bertz CT molecular complexity index is 571. The lowest BCUT2D eigenvalue weighted by Gasteiger charge is -2.18. The molecular formula is C23H35NO2. The van der Waals surface area contributed by atoms with Crippen molar-refractivity contribution in [1.82, 2.24) is 4.90 Å². The van der Waals surface area contributed by atoms with Crippen LogP contribution in [0.1, 0.15) is 51.9 Å². The SMILES string of the molecule is CC\C=C/C=C/C=C/[C@@H]1[C@H]2CC(CCCCC(=O)N(C)C)=C[C@H]2C[C@H]1O. The highest BCUT2D eigenvalue weighted by Gasteiger charge is 2.42. The Morgan fingerprint density at radius 2 is 2.00 bits per heavy atom. The van der Waals surface area contributed by atoms with E-state index < -0.39 is 0 Å². The number of carbonyl (C=O) groups is 1. The molecule has 2 aliphatic carbocycles. The Morgan fingerprint density at radius 1 is 1.23 bits per heavy atom. The Balaban J connectivity index is 1.77. The van der Waals surface area contributed by atoms with E-state index in [2.05, 4.69) is 43.4 Å². The maximum absolute atomic E-state index is 11.6. The standard InChI is InChI=1S/C23H35NO2/c1-4-5-6-7-8-9-13-20-21-16-18(15-19(21)17-22(20)25)12-10-11-14-23(26)24(2)3/h5-9,13,15,19-22,25H,4,10-12,14,16-17H2,1-3H3/b6-5-,8-7+,13-9+/t19-,20+,21-,22+/m0/s1. The summed E-state index contributed by atoms with van der Waals surface area (Å²) in [7, 11) is 3.63. The van der Waals surface area contributed by atoms with Gasteiger partial charge in [-0.3, -0.25) is 4.79 Å². The molecule has 4 atom stereocenters. The van der Waals surface area contributed by atoms with E-state index in [1.807, 2.05) is 20.2 Å². The van der Waals surface area contributed by atoms with Crippen molar-refractivity contribution >= 4 is 5.91 Å². The first-order valence-corrected chi connectivity index (χ1v) is 10.1. The zero-order chi connectivity index (χ0) is 18.9. The molecule has 0 spiro atoms. The molecule has 0 bridgehead atoms. The third kappa shape index (κ3) is 5.98. The Morgan fingerprint density at radius 3 is 2.73 bits per heavy atom. The Hall–Kier alpha value is -1.61. The van der Waals surface area contributed by atoms with E-state index in [-0.39, 0.29) is 17.9 Å². The van der Waals surface area contributed by atoms with Crippen LogP contribution in [0.2, 0.25) is 0 Å². The summed E-state index contributed by atoms with van der Waals surface area (Å²) in [6, 6.07) is 0. The molecule has 26 heavy (non-hydrogen) atoms. The van der Waals surface area contributed by atoms with Crippen molar-refractivity contribution in [2.45, 2.75) is 58.0 Å². The second-order valence-electron chi connectivity index (χ2n) is 7.84. The van der Waals surface area contributed by atoms with E-state index >= 15 is 0 Å². The minimum Gasteiger partial charge on any atom is -0.392 e. The molecule has 0 heterocycles. The van der Waals surface area contributed by atoms with Crippen LogP contribution in [0.15, 0.2) is 48.1 Å². The summed E-state index contributed by atoms with van der Waals surface area (Å²) in [6.45, 7) is 2.13. The number of rotatable bonds is 9. The quantitative estimate of drug-likeness (QED) is 0.370. The van der Waals surface area contributed by atoms with Gasteiger partial charge in [0.15, 0.2) is 0 Å². The lowest BCUT2D eigenvalue weighted by Crippen LogP contribution is -2.21. The molecular weight excluding hydrogens is 322 g/mol. The number of carbonyl (C=O) groups excluding carboxylic acids is 1. The monoisotopic (exact) mass is 357 g/mol. The number of fused-ring (bicyclic) bond motifs is 1. The fourth-order valence-electron chi connectivity index (χ4n) is 4.18. The van der Waals surface area contributed by atoms with Crippen LogP contribution in [0.25, 0.3) is 0 Å². The van der Waals surface area contributed by atoms with Crippen molar-refractivity contribution in [3.63, 3.8) is 0 Å². The predicted octanol–water partition coefficient (Wildman–Crippen LogP) is 4.66. The van der Waals surface area contributed by atoms with Gasteiger partial charge in [0, 0.05) is 26.4 Å². The summed E-state index contributed by atoms with van der Waals surface area (Å²) in [4.78, 5) is 13.3. The van der Waals surface area contributed by atoms with Crippen LogP contribution in [-0.4, -0.2) is 36.1 Å². The second kappa shape index (κ2) is 10.5. The highest BCUT2D eigenvalue weighted by molar-refractivity contribution is 5.75. The molecule has 3 heteroatoms. The van der Waals surface area contributed by atoms with Crippen LogP contribution in [0.3, 0.4) is 0 Å². The van der Waals surface area contributed by atoms with Crippen molar-refractivity contribution in [1.29, 1.82) is 0 Å². The molecule has 0 radical (unpaired) electrons. The molecule has 0 saturated heterocycles. The van der Waals surface area contributed by atoms with Gasteiger partial charge in [0.1, 0.15) is 0 Å². The van der Waals surface area contributed by atoms with Gasteiger partial charge < -0.3 is 10.0 Å². The largest absolute Gasteiger partial charge is 0.392 e. The molecule has 2 rings (SSSR count). The van der Waals surface area contributed by atoms with Crippen LogP contribution in [0.4, 0.5) is 0 Å². The molecule has 2 aliphatic rings.